The lowest BCUT2D eigenvalue weighted by atomic mass is 9.93. The fraction of sp³-hybridized carbons (Fsp3) is 1.00. The molecular weight excluding hydrogens is 250 g/mol. The molecule has 1 unspecified atom stereocenters. The Kier molecular flexibility index (Phi) is 6.65. The molecule has 19 heavy (non-hydrogen) atoms. The zero-order valence-electron chi connectivity index (χ0n) is 12.3. The third-order valence-corrected chi connectivity index (χ3v) is 3.23. The summed E-state index contributed by atoms with van der Waals surface area (Å²) in [5, 5.41) is 19.3. The van der Waals surface area contributed by atoms with E-state index >= 15 is 0 Å². The minimum absolute atomic E-state index is 0.0233. The number of rotatable bonds is 7. The van der Waals surface area contributed by atoms with Crippen LogP contribution in [-0.4, -0.2) is 54.6 Å². The molecule has 1 heterocycles. The summed E-state index contributed by atoms with van der Waals surface area (Å²) in [6.07, 6.45) is -0.752. The zero-order valence-corrected chi connectivity index (χ0v) is 12.3. The fourth-order valence-electron chi connectivity index (χ4n) is 2.11. The van der Waals surface area contributed by atoms with Gasteiger partial charge in [0.05, 0.1) is 18.8 Å². The van der Waals surface area contributed by atoms with E-state index in [9.17, 15) is 10.2 Å². The van der Waals surface area contributed by atoms with Crippen molar-refractivity contribution in [3.8, 4) is 0 Å². The van der Waals surface area contributed by atoms with Gasteiger partial charge in [-0.1, -0.05) is 13.8 Å². The minimum atomic E-state index is -0.889. The van der Waals surface area contributed by atoms with Gasteiger partial charge in [-0.15, -0.1) is 0 Å². The molecule has 4 atom stereocenters. The lowest BCUT2D eigenvalue weighted by Gasteiger charge is -2.41. The summed E-state index contributed by atoms with van der Waals surface area (Å²) in [4.78, 5) is 5.65. The molecule has 0 amide bonds. The molecule has 114 valence electrons. The highest BCUT2D eigenvalue weighted by Crippen LogP contribution is 2.32. The summed E-state index contributed by atoms with van der Waals surface area (Å²) in [5.74, 6) is -0.538. The van der Waals surface area contributed by atoms with Gasteiger partial charge in [0.2, 0.25) is 0 Å². The van der Waals surface area contributed by atoms with Crippen molar-refractivity contribution in [3.63, 3.8) is 0 Å². The van der Waals surface area contributed by atoms with Gasteiger partial charge in [0, 0.05) is 26.5 Å². The van der Waals surface area contributed by atoms with Crippen LogP contribution in [0, 0.1) is 5.92 Å². The maximum Gasteiger partial charge on any atom is 0.190 e. The van der Waals surface area contributed by atoms with Gasteiger partial charge in [-0.2, -0.15) is 5.48 Å². The predicted molar refractivity (Wildman–Crippen MR) is 70.3 cm³/mol. The van der Waals surface area contributed by atoms with Crippen molar-refractivity contribution in [2.45, 2.75) is 57.7 Å². The summed E-state index contributed by atoms with van der Waals surface area (Å²) in [6.45, 7) is 6.65. The Labute approximate surface area is 115 Å². The van der Waals surface area contributed by atoms with Crippen molar-refractivity contribution in [1.29, 1.82) is 0 Å². The highest BCUT2D eigenvalue weighted by Gasteiger charge is 2.42. The number of aliphatic hydroxyl groups excluding tert-OH is 2. The first-order chi connectivity index (χ1) is 8.88. The largest absolute Gasteiger partial charge is 0.390 e. The second-order valence-corrected chi connectivity index (χ2v) is 5.66. The molecule has 0 aromatic heterocycles. The molecule has 0 spiro atoms. The predicted octanol–water partition coefficient (Wildman–Crippen LogP) is 0.427. The van der Waals surface area contributed by atoms with E-state index < -0.39 is 18.0 Å². The molecule has 1 saturated heterocycles. The van der Waals surface area contributed by atoms with Crippen LogP contribution < -0.4 is 5.48 Å². The average molecular weight is 277 g/mol. The van der Waals surface area contributed by atoms with Crippen LogP contribution in [0.5, 0.6) is 0 Å². The lowest BCUT2D eigenvalue weighted by Crippen LogP contribution is -2.53. The molecule has 6 nitrogen and oxygen atoms in total. The average Bonchev–Trinajstić information content (AvgIpc) is 2.33. The monoisotopic (exact) mass is 277 g/mol. The van der Waals surface area contributed by atoms with E-state index in [1.807, 2.05) is 6.92 Å². The summed E-state index contributed by atoms with van der Waals surface area (Å²) in [7, 11) is 1.63. The number of hydrogen-bond acceptors (Lipinski definition) is 6. The molecule has 0 saturated carbocycles. The smallest absolute Gasteiger partial charge is 0.190 e. The normalized spacial score (nSPS) is 33.6. The molecule has 0 bridgehead atoms. The molecule has 0 aromatic carbocycles. The van der Waals surface area contributed by atoms with Crippen LogP contribution in [0.4, 0.5) is 0 Å². The van der Waals surface area contributed by atoms with Crippen molar-refractivity contribution >= 4 is 0 Å². The van der Waals surface area contributed by atoms with Crippen LogP contribution in [-0.2, 0) is 14.3 Å². The van der Waals surface area contributed by atoms with Gasteiger partial charge in [-0.05, 0) is 12.8 Å². The number of methoxy groups -OCH3 is 1. The molecule has 3 N–H and O–H groups in total. The van der Waals surface area contributed by atoms with E-state index in [-0.39, 0.29) is 19.1 Å². The number of hydrogen-bond donors (Lipinski definition) is 3. The summed E-state index contributed by atoms with van der Waals surface area (Å²) in [6, 6.07) is 0. The van der Waals surface area contributed by atoms with Crippen LogP contribution in [0.2, 0.25) is 0 Å². The zero-order chi connectivity index (χ0) is 14.5. The molecule has 1 rings (SSSR count). The van der Waals surface area contributed by atoms with Gasteiger partial charge in [-0.25, -0.2) is 0 Å². The Morgan fingerprint density at radius 3 is 2.53 bits per heavy atom. The summed E-state index contributed by atoms with van der Waals surface area (Å²) in [5.41, 5.74) is 2.84. The van der Waals surface area contributed by atoms with E-state index in [1.54, 1.807) is 7.11 Å². The Balaban J connectivity index is 2.55. The quantitative estimate of drug-likeness (QED) is 0.586. The lowest BCUT2D eigenvalue weighted by molar-refractivity contribution is -0.320. The van der Waals surface area contributed by atoms with Crippen LogP contribution in [0.25, 0.3) is 0 Å². The van der Waals surface area contributed by atoms with Crippen LogP contribution in [0.3, 0.4) is 0 Å². The van der Waals surface area contributed by atoms with Gasteiger partial charge >= 0.3 is 0 Å². The number of nitrogens with one attached hydrogen (secondary N) is 1. The van der Waals surface area contributed by atoms with Gasteiger partial charge < -0.3 is 19.7 Å². The molecule has 1 fully saturated rings. The molecule has 1 aliphatic heterocycles. The first-order valence-electron chi connectivity index (χ1n) is 6.82. The summed E-state index contributed by atoms with van der Waals surface area (Å²) < 4.78 is 10.8. The Hall–Kier alpha value is -0.240. The Morgan fingerprint density at radius 1 is 1.32 bits per heavy atom. The van der Waals surface area contributed by atoms with E-state index in [2.05, 4.69) is 19.3 Å². The van der Waals surface area contributed by atoms with Crippen LogP contribution in [0.1, 0.15) is 33.6 Å². The molecule has 0 aromatic rings. The van der Waals surface area contributed by atoms with Gasteiger partial charge in [-0.3, -0.25) is 4.84 Å². The second kappa shape index (κ2) is 7.52. The third kappa shape index (κ3) is 5.33. The van der Waals surface area contributed by atoms with E-state index in [0.717, 1.165) is 0 Å². The van der Waals surface area contributed by atoms with Crippen molar-refractivity contribution in [2.24, 2.45) is 5.92 Å². The standard InChI is InChI=1S/C13H27NO5/c1-9(2)5-13(19-14-7-10(3)17-4)6-11(15)12(16)8-18-13/h9-12,14-16H,5-8H2,1-4H3/t10?,11-,12+,13+/m0/s1. The maximum atomic E-state index is 9.82. The maximum absolute atomic E-state index is 9.82. The Morgan fingerprint density at radius 2 is 2.00 bits per heavy atom. The number of hydroxylamine groups is 1. The van der Waals surface area contributed by atoms with Gasteiger partial charge in [0.1, 0.15) is 6.10 Å². The number of ether oxygens (including phenoxy) is 2. The van der Waals surface area contributed by atoms with Crippen LogP contribution >= 0.6 is 0 Å². The first-order valence-corrected chi connectivity index (χ1v) is 6.82. The third-order valence-electron chi connectivity index (χ3n) is 3.23. The topological polar surface area (TPSA) is 80.2 Å². The van der Waals surface area contributed by atoms with Gasteiger partial charge in [0.25, 0.3) is 0 Å². The van der Waals surface area contributed by atoms with Gasteiger partial charge in [0.15, 0.2) is 5.79 Å². The second-order valence-electron chi connectivity index (χ2n) is 5.66. The van der Waals surface area contributed by atoms with Crippen molar-refractivity contribution < 1.29 is 24.5 Å². The molecule has 0 radical (unpaired) electrons. The van der Waals surface area contributed by atoms with Crippen molar-refractivity contribution in [1.82, 2.24) is 5.48 Å². The molecule has 6 heteroatoms. The Bertz CT molecular complexity index is 263. The summed E-state index contributed by atoms with van der Waals surface area (Å²) >= 11 is 0. The van der Waals surface area contributed by atoms with E-state index in [1.165, 1.54) is 0 Å². The molecular formula is C13H27NO5. The van der Waals surface area contributed by atoms with Crippen molar-refractivity contribution in [2.75, 3.05) is 20.3 Å². The highest BCUT2D eigenvalue weighted by molar-refractivity contribution is 4.84. The van der Waals surface area contributed by atoms with E-state index in [4.69, 9.17) is 14.3 Å². The molecule has 1 aliphatic rings. The fourth-order valence-corrected chi connectivity index (χ4v) is 2.11. The van der Waals surface area contributed by atoms with Crippen molar-refractivity contribution in [3.05, 3.63) is 0 Å². The minimum Gasteiger partial charge on any atom is -0.390 e. The highest BCUT2D eigenvalue weighted by atomic mass is 16.8. The molecule has 0 aliphatic carbocycles. The van der Waals surface area contributed by atoms with Crippen LogP contribution in [0.15, 0.2) is 0 Å². The number of aliphatic hydroxyl groups is 2. The SMILES string of the molecule is COC(C)CNO[C@]1(CC(C)C)C[C@H](O)[C@H](O)CO1. The van der Waals surface area contributed by atoms with E-state index in [0.29, 0.717) is 18.9 Å². The first kappa shape index (κ1) is 16.8.